The van der Waals surface area contributed by atoms with Crippen molar-refractivity contribution in [1.82, 2.24) is 0 Å². The molecule has 6 heteroatoms. The van der Waals surface area contributed by atoms with Crippen LogP contribution >= 0.6 is 0 Å². The number of aromatic hydroxyl groups is 1. The van der Waals surface area contributed by atoms with E-state index in [-0.39, 0.29) is 17.5 Å². The number of methoxy groups -OCH3 is 3. The summed E-state index contributed by atoms with van der Waals surface area (Å²) in [6, 6.07) is 5.06. The Hall–Kier alpha value is -1.89. The molecule has 0 aromatic heterocycles. The lowest BCUT2D eigenvalue weighted by atomic mass is 9.65. The van der Waals surface area contributed by atoms with E-state index in [0.717, 1.165) is 5.56 Å². The number of rotatable bonds is 6. The zero-order valence-corrected chi connectivity index (χ0v) is 16.3. The van der Waals surface area contributed by atoms with Crippen molar-refractivity contribution >= 4 is 5.78 Å². The summed E-state index contributed by atoms with van der Waals surface area (Å²) >= 11 is 0. The Bertz CT molecular complexity index is 746. The standard InChI is InChI=1S/C21H28O6/c1-6-9-20-11-16(26-4)18(23)21(27-5,19(20)24)17(12(20)2)13-7-8-15(25-3)14(22)10-13/h6-8,10,12,16-17,19,22,24H,1,9,11H2,2-5H3. The molecule has 27 heavy (non-hydrogen) atoms. The largest absolute Gasteiger partial charge is 0.504 e. The number of ether oxygens (including phenoxy) is 3. The lowest BCUT2D eigenvalue weighted by Gasteiger charge is -2.46. The van der Waals surface area contributed by atoms with Gasteiger partial charge < -0.3 is 24.4 Å². The minimum Gasteiger partial charge on any atom is -0.504 e. The number of phenolic OH excluding ortho intramolecular Hbond substituents is 1. The van der Waals surface area contributed by atoms with Crippen molar-refractivity contribution in [2.24, 2.45) is 11.3 Å². The van der Waals surface area contributed by atoms with Crippen LogP contribution in [0.4, 0.5) is 0 Å². The molecule has 2 fully saturated rings. The molecule has 1 aromatic carbocycles. The highest BCUT2D eigenvalue weighted by Crippen LogP contribution is 2.65. The summed E-state index contributed by atoms with van der Waals surface area (Å²) in [5.74, 6) is -0.479. The summed E-state index contributed by atoms with van der Waals surface area (Å²) in [6.07, 6.45) is 1.05. The molecule has 148 valence electrons. The number of Topliss-reactive ketones (excluding diaryl/α,β-unsaturated/α-hetero) is 1. The summed E-state index contributed by atoms with van der Waals surface area (Å²) in [5, 5.41) is 21.6. The van der Waals surface area contributed by atoms with Gasteiger partial charge in [-0.1, -0.05) is 19.1 Å². The van der Waals surface area contributed by atoms with E-state index in [4.69, 9.17) is 14.2 Å². The van der Waals surface area contributed by atoms with Crippen LogP contribution in [0, 0.1) is 11.3 Å². The first-order valence-electron chi connectivity index (χ1n) is 9.12. The molecule has 0 saturated heterocycles. The van der Waals surface area contributed by atoms with Crippen molar-refractivity contribution in [1.29, 1.82) is 0 Å². The summed E-state index contributed by atoms with van der Waals surface area (Å²) in [4.78, 5) is 13.3. The minimum atomic E-state index is -1.44. The first-order valence-corrected chi connectivity index (χ1v) is 9.12. The van der Waals surface area contributed by atoms with Crippen molar-refractivity contribution in [2.75, 3.05) is 21.3 Å². The fourth-order valence-electron chi connectivity index (χ4n) is 5.44. The number of aliphatic hydroxyl groups is 1. The van der Waals surface area contributed by atoms with Crippen LogP contribution in [-0.4, -0.2) is 55.1 Å². The second kappa shape index (κ2) is 6.93. The van der Waals surface area contributed by atoms with E-state index >= 15 is 0 Å². The van der Waals surface area contributed by atoms with Gasteiger partial charge in [0.15, 0.2) is 22.9 Å². The highest BCUT2D eigenvalue weighted by Gasteiger charge is 2.74. The van der Waals surface area contributed by atoms with Crippen molar-refractivity contribution in [3.8, 4) is 11.5 Å². The predicted octanol–water partition coefficient (Wildman–Crippen LogP) is 2.43. The number of aliphatic hydroxyl groups excluding tert-OH is 1. The summed E-state index contributed by atoms with van der Waals surface area (Å²) in [6.45, 7) is 5.87. The van der Waals surface area contributed by atoms with Crippen LogP contribution in [0.25, 0.3) is 0 Å². The Labute approximate surface area is 159 Å². The summed E-state index contributed by atoms with van der Waals surface area (Å²) in [5.41, 5.74) is -1.33. The molecule has 3 rings (SSSR count). The molecule has 2 aliphatic carbocycles. The number of carbonyl (C=O) groups is 1. The first kappa shape index (κ1) is 19.9. The van der Waals surface area contributed by atoms with Gasteiger partial charge in [0.1, 0.15) is 6.10 Å². The zero-order valence-electron chi connectivity index (χ0n) is 16.3. The maximum atomic E-state index is 13.3. The molecule has 2 bridgehead atoms. The minimum absolute atomic E-state index is 0.0158. The van der Waals surface area contributed by atoms with Crippen LogP contribution in [0.5, 0.6) is 11.5 Å². The van der Waals surface area contributed by atoms with Gasteiger partial charge in [0.05, 0.1) is 13.2 Å². The van der Waals surface area contributed by atoms with Crippen LogP contribution in [-0.2, 0) is 14.3 Å². The van der Waals surface area contributed by atoms with E-state index in [2.05, 4.69) is 6.58 Å². The van der Waals surface area contributed by atoms with Crippen LogP contribution < -0.4 is 4.74 Å². The fraction of sp³-hybridized carbons (Fsp3) is 0.571. The number of ketones is 1. The third-order valence-electron chi connectivity index (χ3n) is 6.77. The normalized spacial score (nSPS) is 38.0. The molecule has 6 unspecified atom stereocenters. The average molecular weight is 376 g/mol. The molecule has 6 atom stereocenters. The Balaban J connectivity index is 2.22. The first-order chi connectivity index (χ1) is 12.8. The molecule has 2 aliphatic rings. The quantitative estimate of drug-likeness (QED) is 0.742. The number of phenols is 1. The highest BCUT2D eigenvalue weighted by molar-refractivity contribution is 5.95. The lowest BCUT2D eigenvalue weighted by molar-refractivity contribution is -0.187. The second-order valence-electron chi connectivity index (χ2n) is 7.62. The molecule has 0 spiro atoms. The van der Waals surface area contributed by atoms with E-state index in [1.54, 1.807) is 18.2 Å². The Morgan fingerprint density at radius 3 is 2.56 bits per heavy atom. The topological polar surface area (TPSA) is 85.2 Å². The third kappa shape index (κ3) is 2.47. The molecular weight excluding hydrogens is 348 g/mol. The van der Waals surface area contributed by atoms with Gasteiger partial charge in [0.2, 0.25) is 0 Å². The zero-order chi connectivity index (χ0) is 20.0. The van der Waals surface area contributed by atoms with Crippen LogP contribution in [0.15, 0.2) is 30.9 Å². The summed E-state index contributed by atoms with van der Waals surface area (Å²) < 4.78 is 16.4. The molecule has 2 N–H and O–H groups in total. The monoisotopic (exact) mass is 376 g/mol. The van der Waals surface area contributed by atoms with Crippen molar-refractivity contribution in [2.45, 2.75) is 43.5 Å². The number of hydrogen-bond donors (Lipinski definition) is 2. The van der Waals surface area contributed by atoms with E-state index in [9.17, 15) is 15.0 Å². The number of benzene rings is 1. The molecule has 2 saturated carbocycles. The van der Waals surface area contributed by atoms with E-state index in [1.807, 2.05) is 13.0 Å². The number of fused-ring (bicyclic) bond motifs is 2. The molecule has 6 nitrogen and oxygen atoms in total. The number of carbonyl (C=O) groups excluding carboxylic acids is 1. The van der Waals surface area contributed by atoms with Gasteiger partial charge in [-0.05, 0) is 36.5 Å². The van der Waals surface area contributed by atoms with E-state index < -0.39 is 29.1 Å². The third-order valence-corrected chi connectivity index (χ3v) is 6.77. The Kier molecular flexibility index (Phi) is 5.10. The molecule has 1 aromatic rings. The Morgan fingerprint density at radius 2 is 2.04 bits per heavy atom. The van der Waals surface area contributed by atoms with Gasteiger partial charge in [-0.25, -0.2) is 0 Å². The SMILES string of the molecule is C=CCC12CC(OC)C(=O)C(OC)(C(c3ccc(OC)c(O)c3)C1C)C2O. The molecule has 0 amide bonds. The fourth-order valence-corrected chi connectivity index (χ4v) is 5.44. The highest BCUT2D eigenvalue weighted by atomic mass is 16.5. The maximum absolute atomic E-state index is 13.3. The Morgan fingerprint density at radius 1 is 1.33 bits per heavy atom. The van der Waals surface area contributed by atoms with E-state index in [1.165, 1.54) is 21.3 Å². The van der Waals surface area contributed by atoms with Crippen LogP contribution in [0.2, 0.25) is 0 Å². The van der Waals surface area contributed by atoms with Gasteiger partial charge in [-0.2, -0.15) is 0 Å². The van der Waals surface area contributed by atoms with Crippen LogP contribution in [0.1, 0.15) is 31.2 Å². The smallest absolute Gasteiger partial charge is 0.196 e. The maximum Gasteiger partial charge on any atom is 0.196 e. The van der Waals surface area contributed by atoms with Crippen molar-refractivity contribution < 1.29 is 29.2 Å². The molecule has 0 heterocycles. The van der Waals surface area contributed by atoms with Gasteiger partial charge >= 0.3 is 0 Å². The predicted molar refractivity (Wildman–Crippen MR) is 100.0 cm³/mol. The van der Waals surface area contributed by atoms with Crippen molar-refractivity contribution in [3.05, 3.63) is 36.4 Å². The second-order valence-corrected chi connectivity index (χ2v) is 7.62. The van der Waals surface area contributed by atoms with Gasteiger partial charge in [0.25, 0.3) is 0 Å². The molecular formula is C21H28O6. The van der Waals surface area contributed by atoms with Gasteiger partial charge in [0, 0.05) is 25.6 Å². The lowest BCUT2D eigenvalue weighted by Crippen LogP contribution is -2.62. The number of hydrogen-bond acceptors (Lipinski definition) is 6. The van der Waals surface area contributed by atoms with E-state index in [0.29, 0.717) is 18.6 Å². The summed E-state index contributed by atoms with van der Waals surface area (Å²) in [7, 11) is 4.43. The van der Waals surface area contributed by atoms with Crippen molar-refractivity contribution in [3.63, 3.8) is 0 Å². The number of allylic oxidation sites excluding steroid dienone is 1. The van der Waals surface area contributed by atoms with Gasteiger partial charge in [-0.15, -0.1) is 6.58 Å². The van der Waals surface area contributed by atoms with Gasteiger partial charge in [-0.3, -0.25) is 4.79 Å². The molecule has 0 aliphatic heterocycles. The molecule has 0 radical (unpaired) electrons. The van der Waals surface area contributed by atoms with Crippen LogP contribution in [0.3, 0.4) is 0 Å². The average Bonchev–Trinajstić information content (AvgIpc) is 2.79.